The van der Waals surface area contributed by atoms with Crippen molar-refractivity contribution in [2.75, 3.05) is 0 Å². The first kappa shape index (κ1) is 8.61. The van der Waals surface area contributed by atoms with Gasteiger partial charge in [0, 0.05) is 0 Å². The van der Waals surface area contributed by atoms with E-state index in [0.29, 0.717) is 0 Å². The molecule has 5 heteroatoms. The summed E-state index contributed by atoms with van der Waals surface area (Å²) < 4.78 is 12.3. The Hall–Kier alpha value is -1.49. The summed E-state index contributed by atoms with van der Waals surface area (Å²) in [5.74, 6) is -1.70. The third kappa shape index (κ3) is 1.76. The fraction of sp³-hybridized carbons (Fsp3) is 0.143. The minimum absolute atomic E-state index is 0.143. The summed E-state index contributed by atoms with van der Waals surface area (Å²) in [6.45, 7) is 0. The molecule has 1 rings (SSSR count). The van der Waals surface area contributed by atoms with Crippen molar-refractivity contribution in [2.24, 2.45) is 5.73 Å². The number of halogens is 1. The summed E-state index contributed by atoms with van der Waals surface area (Å²) in [6, 6.07) is 1.17. The van der Waals surface area contributed by atoms with Gasteiger partial charge in [0.05, 0.1) is 11.9 Å². The van der Waals surface area contributed by atoms with Gasteiger partial charge in [-0.2, -0.15) is 0 Å². The SMILES string of the molecule is N[C@H](C(=O)O)c1ccc(F)cn1. The summed E-state index contributed by atoms with van der Waals surface area (Å²) in [6.07, 6.45) is 0.929. The molecular formula is C7H7FN2O2. The van der Waals surface area contributed by atoms with Gasteiger partial charge < -0.3 is 10.8 Å². The van der Waals surface area contributed by atoms with Crippen LogP contribution in [0.1, 0.15) is 11.7 Å². The molecule has 12 heavy (non-hydrogen) atoms. The lowest BCUT2D eigenvalue weighted by Gasteiger charge is -2.03. The average molecular weight is 170 g/mol. The largest absolute Gasteiger partial charge is 0.480 e. The Bertz CT molecular complexity index is 286. The second-order valence-corrected chi connectivity index (χ2v) is 2.22. The Morgan fingerprint density at radius 2 is 2.33 bits per heavy atom. The Kier molecular flexibility index (Phi) is 2.35. The molecule has 1 heterocycles. The molecule has 0 aliphatic rings. The van der Waals surface area contributed by atoms with Gasteiger partial charge in [-0.1, -0.05) is 0 Å². The number of aromatic nitrogens is 1. The van der Waals surface area contributed by atoms with Gasteiger partial charge in [-0.25, -0.2) is 4.39 Å². The lowest BCUT2D eigenvalue weighted by Crippen LogP contribution is -2.21. The average Bonchev–Trinajstić information content (AvgIpc) is 2.04. The molecule has 4 nitrogen and oxygen atoms in total. The van der Waals surface area contributed by atoms with Crippen LogP contribution in [0, 0.1) is 5.82 Å². The van der Waals surface area contributed by atoms with E-state index in [0.717, 1.165) is 12.3 Å². The van der Waals surface area contributed by atoms with Crippen LogP contribution in [0.4, 0.5) is 4.39 Å². The van der Waals surface area contributed by atoms with E-state index < -0.39 is 17.8 Å². The number of carboxylic acids is 1. The van der Waals surface area contributed by atoms with Crippen LogP contribution in [-0.4, -0.2) is 16.1 Å². The van der Waals surface area contributed by atoms with Gasteiger partial charge in [-0.3, -0.25) is 9.78 Å². The number of pyridine rings is 1. The van der Waals surface area contributed by atoms with Crippen molar-refractivity contribution in [3.8, 4) is 0 Å². The lowest BCUT2D eigenvalue weighted by atomic mass is 10.2. The second-order valence-electron chi connectivity index (χ2n) is 2.22. The first-order valence-electron chi connectivity index (χ1n) is 3.21. The van der Waals surface area contributed by atoms with Crippen molar-refractivity contribution < 1.29 is 14.3 Å². The predicted octanol–water partition coefficient (Wildman–Crippen LogP) is 0.305. The number of rotatable bonds is 2. The third-order valence-electron chi connectivity index (χ3n) is 1.33. The molecule has 0 aliphatic carbocycles. The maximum atomic E-state index is 12.3. The van der Waals surface area contributed by atoms with Gasteiger partial charge in [-0.05, 0) is 12.1 Å². The summed E-state index contributed by atoms with van der Waals surface area (Å²) in [4.78, 5) is 13.8. The zero-order valence-electron chi connectivity index (χ0n) is 6.07. The molecule has 0 aliphatic heterocycles. The number of carbonyl (C=O) groups is 1. The Morgan fingerprint density at radius 1 is 1.67 bits per heavy atom. The number of hydrogen-bond acceptors (Lipinski definition) is 3. The molecule has 64 valence electrons. The predicted molar refractivity (Wildman–Crippen MR) is 38.8 cm³/mol. The van der Waals surface area contributed by atoms with Gasteiger partial charge in [-0.15, -0.1) is 0 Å². The highest BCUT2D eigenvalue weighted by molar-refractivity contribution is 5.74. The van der Waals surface area contributed by atoms with Gasteiger partial charge in [0.25, 0.3) is 0 Å². The Balaban J connectivity index is 2.89. The normalized spacial score (nSPS) is 12.5. The molecule has 0 saturated carbocycles. The van der Waals surface area contributed by atoms with E-state index in [1.54, 1.807) is 0 Å². The van der Waals surface area contributed by atoms with Crippen molar-refractivity contribution in [1.82, 2.24) is 4.98 Å². The maximum absolute atomic E-state index is 12.3. The minimum atomic E-state index is -1.19. The molecule has 0 saturated heterocycles. The zero-order chi connectivity index (χ0) is 9.14. The van der Waals surface area contributed by atoms with Crippen LogP contribution in [0.15, 0.2) is 18.3 Å². The number of aliphatic carboxylic acids is 1. The highest BCUT2D eigenvalue weighted by Crippen LogP contribution is 2.06. The molecule has 3 N–H and O–H groups in total. The van der Waals surface area contributed by atoms with E-state index in [4.69, 9.17) is 10.8 Å². The first-order chi connectivity index (χ1) is 5.61. The molecule has 0 fully saturated rings. The van der Waals surface area contributed by atoms with E-state index in [-0.39, 0.29) is 5.69 Å². The van der Waals surface area contributed by atoms with Gasteiger partial charge in [0.2, 0.25) is 0 Å². The van der Waals surface area contributed by atoms with E-state index in [9.17, 15) is 9.18 Å². The number of hydrogen-bond donors (Lipinski definition) is 2. The van der Waals surface area contributed by atoms with Gasteiger partial charge in [0.15, 0.2) is 0 Å². The third-order valence-corrected chi connectivity index (χ3v) is 1.33. The van der Waals surface area contributed by atoms with Crippen LogP contribution < -0.4 is 5.73 Å². The molecule has 1 aromatic rings. The number of nitrogens with zero attached hydrogens (tertiary/aromatic N) is 1. The fourth-order valence-electron chi connectivity index (χ4n) is 0.698. The first-order valence-corrected chi connectivity index (χ1v) is 3.21. The van der Waals surface area contributed by atoms with E-state index >= 15 is 0 Å². The standard InChI is InChI=1S/C7H7FN2O2/c8-4-1-2-5(10-3-4)6(9)7(11)12/h1-3,6H,9H2,(H,11,12)/t6-/m0/s1. The minimum Gasteiger partial charge on any atom is -0.480 e. The van der Waals surface area contributed by atoms with E-state index in [2.05, 4.69) is 4.98 Å². The topological polar surface area (TPSA) is 76.2 Å². The quantitative estimate of drug-likeness (QED) is 0.669. The Morgan fingerprint density at radius 3 is 2.75 bits per heavy atom. The summed E-state index contributed by atoms with van der Waals surface area (Å²) in [5, 5.41) is 8.45. The van der Waals surface area contributed by atoms with Crippen molar-refractivity contribution in [2.45, 2.75) is 6.04 Å². The van der Waals surface area contributed by atoms with E-state index in [1.807, 2.05) is 0 Å². The smallest absolute Gasteiger partial charge is 0.326 e. The summed E-state index contributed by atoms with van der Waals surface area (Å²) >= 11 is 0. The van der Waals surface area contributed by atoms with E-state index in [1.165, 1.54) is 6.07 Å². The van der Waals surface area contributed by atoms with Crippen LogP contribution in [0.2, 0.25) is 0 Å². The van der Waals surface area contributed by atoms with Gasteiger partial charge >= 0.3 is 5.97 Å². The van der Waals surface area contributed by atoms with Crippen LogP contribution in [0.3, 0.4) is 0 Å². The molecule has 0 radical (unpaired) electrons. The Labute approximate surface area is 67.8 Å². The number of carboxylic acid groups (broad SMARTS) is 1. The van der Waals surface area contributed by atoms with Crippen molar-refractivity contribution in [3.63, 3.8) is 0 Å². The second kappa shape index (κ2) is 3.27. The molecule has 1 aromatic heterocycles. The molecule has 0 spiro atoms. The zero-order valence-corrected chi connectivity index (χ0v) is 6.07. The van der Waals surface area contributed by atoms with Crippen LogP contribution >= 0.6 is 0 Å². The molecule has 0 aromatic carbocycles. The number of nitrogens with two attached hydrogens (primary N) is 1. The maximum Gasteiger partial charge on any atom is 0.326 e. The molecule has 1 atom stereocenters. The molecular weight excluding hydrogens is 163 g/mol. The van der Waals surface area contributed by atoms with Crippen LogP contribution in [-0.2, 0) is 4.79 Å². The monoisotopic (exact) mass is 170 g/mol. The van der Waals surface area contributed by atoms with Crippen LogP contribution in [0.25, 0.3) is 0 Å². The highest BCUT2D eigenvalue weighted by Gasteiger charge is 2.14. The van der Waals surface area contributed by atoms with Crippen LogP contribution in [0.5, 0.6) is 0 Å². The molecule has 0 unspecified atom stereocenters. The van der Waals surface area contributed by atoms with Crippen molar-refractivity contribution >= 4 is 5.97 Å². The van der Waals surface area contributed by atoms with Crippen molar-refractivity contribution in [3.05, 3.63) is 29.8 Å². The van der Waals surface area contributed by atoms with Crippen molar-refractivity contribution in [1.29, 1.82) is 0 Å². The highest BCUT2D eigenvalue weighted by atomic mass is 19.1. The summed E-state index contributed by atoms with van der Waals surface area (Å²) in [5.41, 5.74) is 5.35. The lowest BCUT2D eigenvalue weighted by molar-refractivity contribution is -0.138. The molecule has 0 bridgehead atoms. The van der Waals surface area contributed by atoms with Gasteiger partial charge in [0.1, 0.15) is 11.9 Å². The summed E-state index contributed by atoms with van der Waals surface area (Å²) in [7, 11) is 0. The molecule has 0 amide bonds. The fourth-order valence-corrected chi connectivity index (χ4v) is 0.698.